The minimum absolute atomic E-state index is 0.0406. The molecule has 318 valence electrons. The summed E-state index contributed by atoms with van der Waals surface area (Å²) in [6, 6.07) is 11.9. The van der Waals surface area contributed by atoms with E-state index in [9.17, 15) is 4.79 Å². The third-order valence-corrected chi connectivity index (χ3v) is 11.7. The number of fused-ring (bicyclic) bond motifs is 2. The van der Waals surface area contributed by atoms with E-state index >= 15 is 17.6 Å². The molecule has 4 heterocycles. The summed E-state index contributed by atoms with van der Waals surface area (Å²) >= 11 is 8.04. The first-order valence-corrected chi connectivity index (χ1v) is 20.6. The second-order valence-corrected chi connectivity index (χ2v) is 15.7. The van der Waals surface area contributed by atoms with E-state index in [4.69, 9.17) is 40.6 Å². The highest BCUT2D eigenvalue weighted by Crippen LogP contribution is 2.51. The van der Waals surface area contributed by atoms with Crippen molar-refractivity contribution in [3.63, 3.8) is 0 Å². The van der Waals surface area contributed by atoms with Crippen LogP contribution in [-0.4, -0.2) is 71.9 Å². The van der Waals surface area contributed by atoms with Crippen molar-refractivity contribution in [3.05, 3.63) is 104 Å². The number of rotatable bonds is 10. The standard InChI is InChI=1S/C42H44ClF4N7O5S/c1-22-10-12-31(56-5)27(16-22)54(28-17-23(2)11-13-32(28)57-6)29-18-24(3)35(42(45,46)47)34(37(29)44)33-19-26-25(21-59-33)39(49-41(48-26)60-8)52-14-9-15-53-30(20-52)36(43)38(50-53)40(55)51(4)58-7/h10-13,16-18,33H,9,14-15,19-21H2,1-8H3. The monoisotopic (exact) mass is 869 g/mol. The summed E-state index contributed by atoms with van der Waals surface area (Å²) in [6.07, 6.45) is -4.11. The quantitative estimate of drug-likeness (QED) is 0.0580. The molecule has 0 spiro atoms. The Hall–Kier alpha value is -5.10. The van der Waals surface area contributed by atoms with E-state index in [0.717, 1.165) is 16.2 Å². The maximum absolute atomic E-state index is 17.8. The van der Waals surface area contributed by atoms with Gasteiger partial charge in [-0.25, -0.2) is 19.4 Å². The molecule has 1 amide bonds. The molecule has 2 aliphatic heterocycles. The van der Waals surface area contributed by atoms with Gasteiger partial charge in [0, 0.05) is 37.7 Å². The largest absolute Gasteiger partial charge is 0.495 e. The van der Waals surface area contributed by atoms with Crippen molar-refractivity contribution in [2.75, 3.05) is 51.0 Å². The number of amides is 1. The first-order chi connectivity index (χ1) is 28.6. The van der Waals surface area contributed by atoms with Crippen LogP contribution >= 0.6 is 23.4 Å². The molecular weight excluding hydrogens is 826 g/mol. The topological polar surface area (TPSA) is 107 Å². The number of hydrogen-bond acceptors (Lipinski definition) is 11. The Morgan fingerprint density at radius 2 is 1.62 bits per heavy atom. The number of thioether (sulfide) groups is 1. The molecule has 2 aliphatic rings. The number of hydroxylamine groups is 2. The molecule has 0 aliphatic carbocycles. The molecular formula is C42H44ClF4N7O5S. The molecule has 5 aromatic rings. The smallest absolute Gasteiger partial charge is 0.417 e. The van der Waals surface area contributed by atoms with Crippen molar-refractivity contribution in [1.29, 1.82) is 0 Å². The molecule has 0 radical (unpaired) electrons. The van der Waals surface area contributed by atoms with Crippen LogP contribution in [0.15, 0.2) is 47.6 Å². The van der Waals surface area contributed by atoms with Gasteiger partial charge in [-0.2, -0.15) is 18.3 Å². The fourth-order valence-corrected chi connectivity index (χ4v) is 8.44. The van der Waals surface area contributed by atoms with Crippen LogP contribution < -0.4 is 19.3 Å². The Balaban J connectivity index is 1.36. The minimum Gasteiger partial charge on any atom is -0.495 e. The van der Waals surface area contributed by atoms with Crippen LogP contribution in [-0.2, 0) is 41.9 Å². The highest BCUT2D eigenvalue weighted by atomic mass is 35.5. The molecule has 0 saturated carbocycles. The summed E-state index contributed by atoms with van der Waals surface area (Å²) in [5.74, 6) is -0.402. The van der Waals surface area contributed by atoms with Crippen molar-refractivity contribution in [3.8, 4) is 11.5 Å². The number of aryl methyl sites for hydroxylation is 4. The number of benzene rings is 3. The van der Waals surface area contributed by atoms with E-state index in [1.807, 2.05) is 30.9 Å². The summed E-state index contributed by atoms with van der Waals surface area (Å²) < 4.78 is 83.0. The Morgan fingerprint density at radius 1 is 0.967 bits per heavy atom. The van der Waals surface area contributed by atoms with E-state index in [2.05, 4.69) is 5.10 Å². The summed E-state index contributed by atoms with van der Waals surface area (Å²) in [5, 5.41) is 6.06. The number of anilines is 4. The van der Waals surface area contributed by atoms with Gasteiger partial charge >= 0.3 is 6.18 Å². The lowest BCUT2D eigenvalue weighted by Crippen LogP contribution is -2.30. The fraction of sp³-hybridized carbons (Fsp3) is 0.381. The number of ether oxygens (including phenoxy) is 3. The zero-order valence-corrected chi connectivity index (χ0v) is 35.9. The van der Waals surface area contributed by atoms with E-state index in [1.54, 1.807) is 35.2 Å². The van der Waals surface area contributed by atoms with Gasteiger partial charge in [0.25, 0.3) is 5.91 Å². The molecule has 0 fully saturated rings. The van der Waals surface area contributed by atoms with Gasteiger partial charge < -0.3 is 24.0 Å². The van der Waals surface area contributed by atoms with Crippen molar-refractivity contribution in [2.45, 2.75) is 70.7 Å². The van der Waals surface area contributed by atoms with Crippen LogP contribution in [0.3, 0.4) is 0 Å². The first kappa shape index (κ1) is 43.0. The zero-order chi connectivity index (χ0) is 43.2. The van der Waals surface area contributed by atoms with Gasteiger partial charge in [-0.1, -0.05) is 35.5 Å². The fourth-order valence-electron chi connectivity index (χ4n) is 7.78. The summed E-state index contributed by atoms with van der Waals surface area (Å²) in [6.45, 7) is 6.01. The van der Waals surface area contributed by atoms with Crippen LogP contribution in [0.4, 0.5) is 40.4 Å². The van der Waals surface area contributed by atoms with E-state index in [-0.39, 0.29) is 41.5 Å². The third kappa shape index (κ3) is 7.95. The van der Waals surface area contributed by atoms with Gasteiger partial charge in [0.1, 0.15) is 17.3 Å². The molecule has 1 unspecified atom stereocenters. The van der Waals surface area contributed by atoms with Gasteiger partial charge in [-0.3, -0.25) is 14.3 Å². The first-order valence-electron chi connectivity index (χ1n) is 19.0. The molecule has 1 atom stereocenters. The van der Waals surface area contributed by atoms with Gasteiger partial charge in [-0.05, 0) is 80.5 Å². The molecule has 60 heavy (non-hydrogen) atoms. The van der Waals surface area contributed by atoms with Crippen LogP contribution in [0, 0.1) is 26.6 Å². The maximum Gasteiger partial charge on any atom is 0.417 e. The molecule has 0 saturated heterocycles. The lowest BCUT2D eigenvalue weighted by molar-refractivity contribution is -0.140. The average Bonchev–Trinajstić information content (AvgIpc) is 3.38. The molecule has 12 nitrogen and oxygen atoms in total. The maximum atomic E-state index is 17.8. The number of aromatic nitrogens is 4. The van der Waals surface area contributed by atoms with E-state index in [0.29, 0.717) is 70.3 Å². The van der Waals surface area contributed by atoms with E-state index < -0.39 is 35.1 Å². The van der Waals surface area contributed by atoms with Crippen molar-refractivity contribution >= 4 is 52.2 Å². The van der Waals surface area contributed by atoms with Gasteiger partial charge in [0.15, 0.2) is 16.7 Å². The Labute approximate surface area is 354 Å². The number of carbonyl (C=O) groups excluding carboxylic acids is 1. The van der Waals surface area contributed by atoms with Gasteiger partial charge in [0.05, 0.1) is 79.6 Å². The number of methoxy groups -OCH3 is 2. The number of alkyl halides is 3. The predicted octanol–water partition coefficient (Wildman–Crippen LogP) is 9.48. The van der Waals surface area contributed by atoms with Crippen LogP contribution in [0.1, 0.15) is 67.8 Å². The van der Waals surface area contributed by atoms with Crippen molar-refractivity contribution in [2.24, 2.45) is 0 Å². The van der Waals surface area contributed by atoms with Crippen LogP contribution in [0.5, 0.6) is 11.5 Å². The zero-order valence-electron chi connectivity index (χ0n) is 34.3. The second-order valence-electron chi connectivity index (χ2n) is 14.6. The molecule has 0 N–H and O–H groups in total. The van der Waals surface area contributed by atoms with Gasteiger partial charge in [-0.15, -0.1) is 0 Å². The van der Waals surface area contributed by atoms with Crippen LogP contribution in [0.25, 0.3) is 0 Å². The van der Waals surface area contributed by atoms with Crippen molar-refractivity contribution < 1.29 is 41.4 Å². The number of halogens is 5. The lowest BCUT2D eigenvalue weighted by Gasteiger charge is -2.34. The third-order valence-electron chi connectivity index (χ3n) is 10.7. The Morgan fingerprint density at radius 3 is 2.20 bits per heavy atom. The number of nitrogens with zero attached hydrogens (tertiary/aromatic N) is 7. The van der Waals surface area contributed by atoms with Crippen molar-refractivity contribution in [1.82, 2.24) is 24.8 Å². The van der Waals surface area contributed by atoms with Crippen LogP contribution in [0.2, 0.25) is 5.02 Å². The van der Waals surface area contributed by atoms with E-state index in [1.165, 1.54) is 58.0 Å². The molecule has 18 heteroatoms. The Kier molecular flexibility index (Phi) is 12.3. The molecule has 2 aromatic heterocycles. The molecule has 7 rings (SSSR count). The molecule has 3 aromatic carbocycles. The Bertz CT molecular complexity index is 2410. The highest BCUT2D eigenvalue weighted by molar-refractivity contribution is 7.98. The predicted molar refractivity (Wildman–Crippen MR) is 220 cm³/mol. The SMILES string of the molecule is COc1ccc(C)cc1N(c1cc(C)ccc1OC)c1cc(C)c(C(F)(F)F)c(C2Cc3nc(SC)nc(N4CCCn5nc(C(=O)N(C)OC)c(Cl)c5C4)c3CO2)c1F. The number of hydrogen-bond donors (Lipinski definition) is 0. The molecule has 0 bridgehead atoms. The average molecular weight is 870 g/mol. The number of carbonyl (C=O) groups is 1. The summed E-state index contributed by atoms with van der Waals surface area (Å²) in [7, 11) is 5.76. The normalized spacial score (nSPS) is 15.3. The second kappa shape index (κ2) is 17.1. The van der Waals surface area contributed by atoms with Gasteiger partial charge in [0.2, 0.25) is 0 Å². The minimum atomic E-state index is -4.94. The summed E-state index contributed by atoms with van der Waals surface area (Å²) in [5.41, 5.74) is 1.89. The highest BCUT2D eigenvalue weighted by Gasteiger charge is 2.43. The summed E-state index contributed by atoms with van der Waals surface area (Å²) in [4.78, 5) is 31.1. The lowest BCUT2D eigenvalue weighted by atomic mass is 9.90.